The fourth-order valence-electron chi connectivity index (χ4n) is 10.7. The third-order valence-corrected chi connectivity index (χ3v) is 24.7. The predicted molar refractivity (Wildman–Crippen MR) is 380 cm³/mol. The first-order valence-electron chi connectivity index (χ1n) is 35.1. The van der Waals surface area contributed by atoms with Gasteiger partial charge in [-0.2, -0.15) is 0 Å². The number of benzene rings is 2. The molecule has 9 unspecified atom stereocenters. The summed E-state index contributed by atoms with van der Waals surface area (Å²) in [5.74, 6) is 1.74. The van der Waals surface area contributed by atoms with Crippen LogP contribution in [0, 0.1) is 22.7 Å². The molecule has 0 saturated carbocycles. The first kappa shape index (κ1) is 79.8. The molecule has 524 valence electrons. The molecule has 4 saturated heterocycles. The van der Waals surface area contributed by atoms with Crippen molar-refractivity contribution in [1.82, 2.24) is 14.0 Å². The van der Waals surface area contributed by atoms with Gasteiger partial charge in [-0.25, -0.2) is 4.67 Å². The van der Waals surface area contributed by atoms with Gasteiger partial charge in [0.1, 0.15) is 7.58 Å². The molecule has 4 fully saturated rings. The van der Waals surface area contributed by atoms with Crippen LogP contribution in [0.25, 0.3) is 0 Å². The smallest absolute Gasteiger partial charge is 0.259 e. The van der Waals surface area contributed by atoms with Gasteiger partial charge in [0.2, 0.25) is 13.1 Å². The molecule has 6 rings (SSSR count). The number of halogens is 1. The summed E-state index contributed by atoms with van der Waals surface area (Å²) in [6, 6.07) is 17.6. The Morgan fingerprint density at radius 3 is 1.24 bits per heavy atom. The van der Waals surface area contributed by atoms with E-state index in [1.54, 1.807) is 0 Å². The first-order chi connectivity index (χ1) is 44.4. The van der Waals surface area contributed by atoms with Gasteiger partial charge < -0.3 is 52.8 Å². The lowest BCUT2D eigenvalue weighted by atomic mass is 9.83. The second kappa shape index (κ2) is 44.8. The normalized spacial score (nSPS) is 24.3. The van der Waals surface area contributed by atoms with E-state index < -0.39 is 22.2 Å². The largest absolute Gasteiger partial charge is 0.400 e. The second-order valence-electron chi connectivity index (χ2n) is 25.4. The lowest BCUT2D eigenvalue weighted by molar-refractivity contribution is -0.235. The van der Waals surface area contributed by atoms with Crippen molar-refractivity contribution < 1.29 is 65.1 Å². The Labute approximate surface area is 569 Å². The van der Waals surface area contributed by atoms with E-state index in [0.29, 0.717) is 55.3 Å². The average molecular weight is 1370 g/mol. The van der Waals surface area contributed by atoms with Gasteiger partial charge in [-0.15, -0.1) is 0 Å². The molecule has 2 aromatic rings. The van der Waals surface area contributed by atoms with Crippen LogP contribution in [-0.4, -0.2) is 174 Å². The topological polar surface area (TPSA) is 178 Å². The van der Waals surface area contributed by atoms with E-state index in [1.165, 1.54) is 37.7 Å². The summed E-state index contributed by atoms with van der Waals surface area (Å²) in [6.07, 6.45) is 3.52. The molecule has 0 aromatic heterocycles. The zero-order chi connectivity index (χ0) is 71.6. The number of hydrogen-bond donors (Lipinski definition) is 3. The van der Waals surface area contributed by atoms with Crippen LogP contribution in [0.1, 0.15) is 238 Å². The average Bonchev–Trinajstić information content (AvgIpc) is 1.78. The van der Waals surface area contributed by atoms with E-state index in [9.17, 15) is 14.7 Å². The number of ether oxygens (including phenoxy) is 6. The van der Waals surface area contributed by atoms with Crippen LogP contribution in [0.2, 0.25) is 0 Å². The van der Waals surface area contributed by atoms with Crippen LogP contribution in [0.5, 0.6) is 0 Å². The summed E-state index contributed by atoms with van der Waals surface area (Å²) in [5, 5.41) is 16.5. The molecule has 3 N–H and O–H groups in total. The molecule has 4 heterocycles. The molecule has 0 spiro atoms. The van der Waals surface area contributed by atoms with Crippen LogP contribution >= 0.6 is 50.9 Å². The number of aliphatic hydroxyl groups is 3. The van der Waals surface area contributed by atoms with Gasteiger partial charge in [-0.3, -0.25) is 18.9 Å². The fraction of sp³-hybridized carbons (Fsp3) is 0.797. The van der Waals surface area contributed by atoms with Gasteiger partial charge in [0.25, 0.3) is 8.53 Å². The maximum absolute atomic E-state index is 12.9. The molecule has 0 amide bonds. The minimum absolute atomic E-state index is 0.00680. The summed E-state index contributed by atoms with van der Waals surface area (Å²) in [4.78, 5) is 24.9. The highest BCUT2D eigenvalue weighted by Crippen LogP contribution is 2.54. The maximum Gasteiger partial charge on any atom is 0.259 e. The van der Waals surface area contributed by atoms with Gasteiger partial charge in [0, 0.05) is 110 Å². The van der Waals surface area contributed by atoms with Gasteiger partial charge in [0.05, 0.1) is 69.7 Å². The van der Waals surface area contributed by atoms with Crippen LogP contribution < -0.4 is 0 Å². The monoisotopic (exact) mass is 1370 g/mol. The molecule has 16 nitrogen and oxygen atoms in total. The van der Waals surface area contributed by atoms with E-state index in [2.05, 4.69) is 149 Å². The summed E-state index contributed by atoms with van der Waals surface area (Å²) >= 11 is 9.34. The van der Waals surface area contributed by atoms with Crippen molar-refractivity contribution >= 4 is 61.1 Å². The number of thioether (sulfide) groups is 2. The van der Waals surface area contributed by atoms with E-state index in [-0.39, 0.29) is 102 Å². The minimum Gasteiger partial charge on any atom is -0.400 e. The van der Waals surface area contributed by atoms with Crippen LogP contribution in [0.15, 0.2) is 48.5 Å². The van der Waals surface area contributed by atoms with Gasteiger partial charge in [0.15, 0.2) is 12.6 Å². The van der Waals surface area contributed by atoms with Crippen molar-refractivity contribution in [2.45, 2.75) is 277 Å². The van der Waals surface area contributed by atoms with Gasteiger partial charge >= 0.3 is 0 Å². The molecule has 0 radical (unpaired) electrons. The Bertz CT molecular complexity index is 2250. The fourth-order valence-corrected chi connectivity index (χ4v) is 17.9. The molecule has 0 bridgehead atoms. The SMILES string of the molecule is CC(C)N(C(C)C)P(Cl)N(C(C)C)C(C)C.CCCSC(=O)c1ccc(C2OCC(CC)(CC)CO2)cc1.[2H]CC1OC(C)C(C)C1O.[2H]CC1OC(C)C(C)C1OP(OCCSC(=O)c1ccc(C2OCC(CC)(CC)CO2)cc1)N(C(C)C)C(C)C.[3H]OC.[3H]OC. The molecule has 90 heavy (non-hydrogen) atoms. The third kappa shape index (κ3) is 27.2. The van der Waals surface area contributed by atoms with Crippen molar-refractivity contribution in [3.63, 3.8) is 0 Å². The van der Waals surface area contributed by atoms with Crippen molar-refractivity contribution in [2.75, 3.05) is 58.8 Å². The molecule has 4 aliphatic rings. The summed E-state index contributed by atoms with van der Waals surface area (Å²) < 4.78 is 81.5. The molecule has 21 heteroatoms. The summed E-state index contributed by atoms with van der Waals surface area (Å²) in [5.41, 5.74) is 3.56. The highest BCUT2D eigenvalue weighted by molar-refractivity contribution is 8.14. The molecular formula is C69H126ClN3O13P2S2. The number of nitrogens with zero attached hydrogens (tertiary/aromatic N) is 3. The Morgan fingerprint density at radius 2 is 0.944 bits per heavy atom. The molecule has 2 aromatic carbocycles. The minimum atomic E-state index is -1.38. The molecule has 0 aliphatic carbocycles. The van der Waals surface area contributed by atoms with Crippen molar-refractivity contribution in [3.05, 3.63) is 70.8 Å². The predicted octanol–water partition coefficient (Wildman–Crippen LogP) is 17.1. The van der Waals surface area contributed by atoms with Crippen molar-refractivity contribution in [1.29, 1.82) is 2.86 Å². The van der Waals surface area contributed by atoms with Crippen molar-refractivity contribution in [2.24, 2.45) is 22.7 Å². The zero-order valence-corrected chi connectivity index (χ0v) is 63.7. The number of carbonyl (C=O) groups is 2. The first-order valence-corrected chi connectivity index (χ1v) is 38.1. The Morgan fingerprint density at radius 1 is 0.600 bits per heavy atom. The van der Waals surface area contributed by atoms with Crippen LogP contribution in [-0.2, 0) is 37.5 Å². The van der Waals surface area contributed by atoms with Crippen molar-refractivity contribution in [3.8, 4) is 0 Å². The van der Waals surface area contributed by atoms with E-state index >= 15 is 0 Å². The number of aliphatic hydroxyl groups excluding tert-OH is 3. The number of carbonyl (C=O) groups excluding carboxylic acids is 2. The zero-order valence-electron chi connectivity index (χ0n) is 63.5. The number of hydrogen-bond acceptors (Lipinski definition) is 18. The van der Waals surface area contributed by atoms with Gasteiger partial charge in [-0.1, -0.05) is 132 Å². The highest BCUT2D eigenvalue weighted by Gasteiger charge is 2.43. The van der Waals surface area contributed by atoms with E-state index in [1.807, 2.05) is 69.3 Å². The lowest BCUT2D eigenvalue weighted by Gasteiger charge is -2.43. The Kier molecular flexibility index (Phi) is 39.7. The lowest BCUT2D eigenvalue weighted by Crippen LogP contribution is -2.41. The Balaban J connectivity index is 0.000000683. The standard InChI is InChI=1S/C30H50NO6PS.C18H26O3S.C12H28ClN2P.C7H14O2.2CH4O/c1-10-30(11-2)18-33-29(34-19-30)26-14-12-25(13-15-26)28(32)39-17-16-35-38(31(20(3)4)21(5)6)37-27-22(7)23(8)36-24(27)9;1-4-11-22-16(19)14-7-9-15(10-8-14)17-20-12-18(5-2,6-3)13-21-17;1-9(2)14(10(3)4)16(13)15(11(5)6)12(7)8;1-4-5(2)9-6(3)7(4)8;2*1-2/h12-15,20-24,27,29H,10-11,16-19H2,1-9H3;7-10,17H,4-6,11-13H2,1-3H3;9-12H,1-8H3;4-8H,1-3H3;2*2H,1H3/i9D;;;3D;2*2T. The molecular weight excluding hydrogens is 1240 g/mol. The molecule has 9 atom stereocenters. The molecule has 4 aliphatic heterocycles. The quantitative estimate of drug-likeness (QED) is 0.0631. The van der Waals surface area contributed by atoms with Crippen LogP contribution in [0.4, 0.5) is 0 Å². The van der Waals surface area contributed by atoms with Gasteiger partial charge in [-0.05, 0) is 143 Å². The number of rotatable bonds is 25. The van der Waals surface area contributed by atoms with Crippen LogP contribution in [0.3, 0.4) is 0 Å². The maximum atomic E-state index is 12.9. The van der Waals surface area contributed by atoms with E-state index in [4.69, 9.17) is 54.3 Å². The third-order valence-electron chi connectivity index (χ3n) is 17.0. The summed E-state index contributed by atoms with van der Waals surface area (Å²) in [7, 11) is 0.476. The second-order valence-corrected chi connectivity index (χ2v) is 31.2. The summed E-state index contributed by atoms with van der Waals surface area (Å²) in [6.45, 7) is 48.7. The van der Waals surface area contributed by atoms with E-state index in [0.717, 1.165) is 67.8 Å². The Hall–Kier alpha value is -0.930. The highest BCUT2D eigenvalue weighted by atomic mass is 35.7.